The van der Waals surface area contributed by atoms with E-state index in [1.165, 1.54) is 24.1 Å². The second-order valence-electron chi connectivity index (χ2n) is 8.57. The maximum absolute atomic E-state index is 12.2. The summed E-state index contributed by atoms with van der Waals surface area (Å²) in [5.74, 6) is 0.836. The van der Waals surface area contributed by atoms with E-state index in [1.807, 2.05) is 18.2 Å². The molecule has 1 atom stereocenters. The van der Waals surface area contributed by atoms with Gasteiger partial charge in [-0.1, -0.05) is 24.3 Å². The first-order valence-electron chi connectivity index (χ1n) is 11.7. The number of hydrogen-bond acceptors (Lipinski definition) is 3. The monoisotopic (exact) mass is 435 g/mol. The first kappa shape index (κ1) is 23.6. The molecule has 0 saturated carbocycles. The molecule has 1 aliphatic heterocycles. The van der Waals surface area contributed by atoms with Gasteiger partial charge in [-0.2, -0.15) is 0 Å². The van der Waals surface area contributed by atoms with Gasteiger partial charge in [0.05, 0.1) is 6.04 Å². The van der Waals surface area contributed by atoms with Crippen LogP contribution in [0.4, 0.5) is 5.69 Å². The average Bonchev–Trinajstić information content (AvgIpc) is 3.34. The number of rotatable bonds is 8. The summed E-state index contributed by atoms with van der Waals surface area (Å²) in [5, 5.41) is 6.89. The van der Waals surface area contributed by atoms with Crippen LogP contribution in [0.25, 0.3) is 0 Å². The van der Waals surface area contributed by atoms with Gasteiger partial charge >= 0.3 is 0 Å². The van der Waals surface area contributed by atoms with Crippen molar-refractivity contribution in [2.24, 2.45) is 4.99 Å². The summed E-state index contributed by atoms with van der Waals surface area (Å²) in [6.45, 7) is 8.00. The van der Waals surface area contributed by atoms with Gasteiger partial charge in [0.15, 0.2) is 5.96 Å². The van der Waals surface area contributed by atoms with Crippen molar-refractivity contribution in [1.82, 2.24) is 15.5 Å². The highest BCUT2D eigenvalue weighted by Gasteiger charge is 2.14. The summed E-state index contributed by atoms with van der Waals surface area (Å²) in [5.41, 5.74) is 4.40. The average molecular weight is 436 g/mol. The zero-order valence-electron chi connectivity index (χ0n) is 19.9. The van der Waals surface area contributed by atoms with Crippen molar-refractivity contribution in [2.75, 3.05) is 45.2 Å². The van der Waals surface area contributed by atoms with Crippen LogP contribution in [0.15, 0.2) is 53.5 Å². The number of guanidine groups is 1. The van der Waals surface area contributed by atoms with Gasteiger partial charge in [0.25, 0.3) is 5.91 Å². The second-order valence-corrected chi connectivity index (χ2v) is 8.57. The first-order chi connectivity index (χ1) is 15.5. The fourth-order valence-corrected chi connectivity index (χ4v) is 3.99. The van der Waals surface area contributed by atoms with Crippen LogP contribution >= 0.6 is 0 Å². The molecule has 2 N–H and O–H groups in total. The Morgan fingerprint density at radius 3 is 2.59 bits per heavy atom. The van der Waals surface area contributed by atoms with E-state index in [0.717, 1.165) is 37.6 Å². The lowest BCUT2D eigenvalue weighted by Gasteiger charge is -2.22. The van der Waals surface area contributed by atoms with Crippen molar-refractivity contribution in [3.8, 4) is 0 Å². The minimum absolute atomic E-state index is 0.0235. The standard InChI is InChI=1S/C26H37N5O/c1-5-27-26(28-15-14-21-10-8-12-23(18-21)25(32)30(3)4)29-20(2)22-11-9-13-24(19-22)31-16-6-7-17-31/h8-13,18-20H,5-7,14-17H2,1-4H3,(H2,27,28,29). The normalized spacial score (nSPS) is 14.9. The first-order valence-corrected chi connectivity index (χ1v) is 11.7. The number of carbonyl (C=O) groups excluding carboxylic acids is 1. The van der Waals surface area contributed by atoms with Crippen molar-refractivity contribution in [1.29, 1.82) is 0 Å². The summed E-state index contributed by atoms with van der Waals surface area (Å²) in [4.78, 5) is 21.0. The highest BCUT2D eigenvalue weighted by Crippen LogP contribution is 2.24. The van der Waals surface area contributed by atoms with Crippen LogP contribution in [0.1, 0.15) is 54.2 Å². The molecule has 1 amide bonds. The molecule has 172 valence electrons. The van der Waals surface area contributed by atoms with Crippen molar-refractivity contribution < 1.29 is 4.79 Å². The minimum atomic E-state index is 0.0235. The Morgan fingerprint density at radius 1 is 1.12 bits per heavy atom. The van der Waals surface area contributed by atoms with Crippen LogP contribution in [-0.4, -0.2) is 57.0 Å². The van der Waals surface area contributed by atoms with Gasteiger partial charge in [-0.25, -0.2) is 0 Å². The number of hydrogen-bond donors (Lipinski definition) is 2. The fourth-order valence-electron chi connectivity index (χ4n) is 3.99. The van der Waals surface area contributed by atoms with E-state index in [1.54, 1.807) is 19.0 Å². The number of anilines is 1. The van der Waals surface area contributed by atoms with Crippen molar-refractivity contribution in [3.05, 3.63) is 65.2 Å². The molecule has 6 nitrogen and oxygen atoms in total. The second kappa shape index (κ2) is 11.6. The molecule has 1 aliphatic rings. The molecule has 1 heterocycles. The number of aliphatic imine (C=N–C) groups is 1. The summed E-state index contributed by atoms with van der Waals surface area (Å²) < 4.78 is 0. The van der Waals surface area contributed by atoms with Crippen LogP contribution in [-0.2, 0) is 6.42 Å². The number of nitrogens with zero attached hydrogens (tertiary/aromatic N) is 3. The largest absolute Gasteiger partial charge is 0.372 e. The highest BCUT2D eigenvalue weighted by atomic mass is 16.2. The van der Waals surface area contributed by atoms with Crippen LogP contribution in [0.3, 0.4) is 0 Å². The quantitative estimate of drug-likeness (QED) is 0.488. The Balaban J connectivity index is 1.62. The van der Waals surface area contributed by atoms with E-state index in [9.17, 15) is 4.79 Å². The third-order valence-corrected chi connectivity index (χ3v) is 5.79. The molecule has 0 radical (unpaired) electrons. The van der Waals surface area contributed by atoms with Gasteiger partial charge in [-0.3, -0.25) is 9.79 Å². The van der Waals surface area contributed by atoms with Crippen LogP contribution in [0, 0.1) is 0 Å². The highest BCUT2D eigenvalue weighted by molar-refractivity contribution is 5.94. The summed E-state index contributed by atoms with van der Waals surface area (Å²) >= 11 is 0. The molecular formula is C26H37N5O. The van der Waals surface area contributed by atoms with Gasteiger partial charge in [-0.15, -0.1) is 0 Å². The smallest absolute Gasteiger partial charge is 0.253 e. The Hall–Kier alpha value is -3.02. The van der Waals surface area contributed by atoms with Gasteiger partial charge in [-0.05, 0) is 68.5 Å². The number of benzene rings is 2. The summed E-state index contributed by atoms with van der Waals surface area (Å²) in [6, 6.07) is 16.8. The third kappa shape index (κ3) is 6.49. The fraction of sp³-hybridized carbons (Fsp3) is 0.462. The van der Waals surface area contributed by atoms with Crippen LogP contribution < -0.4 is 15.5 Å². The van der Waals surface area contributed by atoms with Gasteiger partial charge < -0.3 is 20.4 Å². The van der Waals surface area contributed by atoms with E-state index >= 15 is 0 Å². The maximum Gasteiger partial charge on any atom is 0.253 e. The molecule has 3 rings (SSSR count). The molecule has 1 fully saturated rings. The van der Waals surface area contributed by atoms with E-state index in [0.29, 0.717) is 12.1 Å². The van der Waals surface area contributed by atoms with Gasteiger partial charge in [0, 0.05) is 51.5 Å². The van der Waals surface area contributed by atoms with E-state index in [4.69, 9.17) is 4.99 Å². The van der Waals surface area contributed by atoms with Crippen molar-refractivity contribution in [3.63, 3.8) is 0 Å². The zero-order valence-corrected chi connectivity index (χ0v) is 19.9. The number of nitrogens with one attached hydrogen (secondary N) is 2. The maximum atomic E-state index is 12.2. The lowest BCUT2D eigenvalue weighted by atomic mass is 10.1. The Bertz CT molecular complexity index is 918. The molecule has 0 bridgehead atoms. The molecule has 1 saturated heterocycles. The van der Waals surface area contributed by atoms with Gasteiger partial charge in [0.1, 0.15) is 0 Å². The molecule has 2 aromatic carbocycles. The molecule has 2 aromatic rings. The van der Waals surface area contributed by atoms with Gasteiger partial charge in [0.2, 0.25) is 0 Å². The Morgan fingerprint density at radius 2 is 1.88 bits per heavy atom. The van der Waals surface area contributed by atoms with Crippen molar-refractivity contribution in [2.45, 2.75) is 39.2 Å². The molecule has 0 spiro atoms. The molecule has 0 aromatic heterocycles. The molecule has 1 unspecified atom stereocenters. The number of carbonyl (C=O) groups is 1. The SMILES string of the molecule is CCNC(=NCCc1cccc(C(=O)N(C)C)c1)NC(C)c1cccc(N2CCCC2)c1. The summed E-state index contributed by atoms with van der Waals surface area (Å²) in [6.07, 6.45) is 3.34. The molecule has 6 heteroatoms. The van der Waals surface area contributed by atoms with Crippen molar-refractivity contribution >= 4 is 17.6 Å². The topological polar surface area (TPSA) is 60.0 Å². The predicted octanol–water partition coefficient (Wildman–Crippen LogP) is 3.85. The lowest BCUT2D eigenvalue weighted by Crippen LogP contribution is -2.39. The Kier molecular flexibility index (Phi) is 8.54. The Labute approximate surface area is 192 Å². The van der Waals surface area contributed by atoms with E-state index in [-0.39, 0.29) is 11.9 Å². The minimum Gasteiger partial charge on any atom is -0.372 e. The molecular weight excluding hydrogens is 398 g/mol. The lowest BCUT2D eigenvalue weighted by molar-refractivity contribution is 0.0827. The van der Waals surface area contributed by atoms with Crippen LogP contribution in [0.5, 0.6) is 0 Å². The third-order valence-electron chi connectivity index (χ3n) is 5.79. The number of amides is 1. The predicted molar refractivity (Wildman–Crippen MR) is 134 cm³/mol. The van der Waals surface area contributed by atoms with E-state index < -0.39 is 0 Å². The van der Waals surface area contributed by atoms with E-state index in [2.05, 4.69) is 59.7 Å². The molecule has 0 aliphatic carbocycles. The molecule has 32 heavy (non-hydrogen) atoms. The zero-order chi connectivity index (χ0) is 22.9. The van der Waals surface area contributed by atoms with Crippen LogP contribution in [0.2, 0.25) is 0 Å². The summed E-state index contributed by atoms with van der Waals surface area (Å²) in [7, 11) is 3.55.